The fourth-order valence-electron chi connectivity index (χ4n) is 2.25. The van der Waals surface area contributed by atoms with Crippen molar-refractivity contribution in [2.75, 3.05) is 11.9 Å². The van der Waals surface area contributed by atoms with Crippen molar-refractivity contribution in [2.45, 2.75) is 43.4 Å². The maximum absolute atomic E-state index is 6.09. The molecular weight excluding hydrogens is 242 g/mol. The first-order valence-corrected chi connectivity index (χ1v) is 7.24. The number of aromatic nitrogens is 2. The van der Waals surface area contributed by atoms with Gasteiger partial charge in [-0.3, -0.25) is 0 Å². The maximum atomic E-state index is 6.09. The number of alkyl halides is 1. The minimum atomic E-state index is 0.392. The zero-order valence-electron chi connectivity index (χ0n) is 9.16. The number of rotatable bonds is 4. The third kappa shape index (κ3) is 2.48. The van der Waals surface area contributed by atoms with Crippen molar-refractivity contribution in [1.29, 1.82) is 0 Å². The van der Waals surface area contributed by atoms with Crippen LogP contribution in [0.25, 0.3) is 0 Å². The van der Waals surface area contributed by atoms with Crippen molar-refractivity contribution >= 4 is 28.3 Å². The molecule has 0 radical (unpaired) electrons. The van der Waals surface area contributed by atoms with Crippen molar-refractivity contribution < 1.29 is 0 Å². The zero-order valence-corrected chi connectivity index (χ0v) is 10.7. The van der Waals surface area contributed by atoms with E-state index in [0.717, 1.165) is 36.3 Å². The second-order valence-corrected chi connectivity index (χ2v) is 6.26. The Morgan fingerprint density at radius 1 is 1.31 bits per heavy atom. The number of nitrogens with zero attached hydrogens (tertiary/aromatic N) is 2. The van der Waals surface area contributed by atoms with E-state index in [4.69, 9.17) is 11.6 Å². The fourth-order valence-corrected chi connectivity index (χ4v) is 3.28. The number of hydrogen-bond donors (Lipinski definition) is 1. The van der Waals surface area contributed by atoms with Gasteiger partial charge in [-0.05, 0) is 38.0 Å². The number of anilines is 1. The summed E-state index contributed by atoms with van der Waals surface area (Å²) in [6, 6.07) is 0. The van der Waals surface area contributed by atoms with Gasteiger partial charge >= 0.3 is 0 Å². The van der Waals surface area contributed by atoms with E-state index in [9.17, 15) is 0 Å². The predicted octanol–water partition coefficient (Wildman–Crippen LogP) is 3.23. The number of nitrogens with one attached hydrogen (secondary N) is 1. The highest BCUT2D eigenvalue weighted by Gasteiger charge is 2.28. The Labute approximate surface area is 105 Å². The van der Waals surface area contributed by atoms with Crippen LogP contribution in [0.5, 0.6) is 0 Å². The number of hydrogen-bond acceptors (Lipinski definition) is 4. The molecule has 0 spiro atoms. The van der Waals surface area contributed by atoms with Gasteiger partial charge in [-0.15, -0.1) is 11.6 Å². The summed E-state index contributed by atoms with van der Waals surface area (Å²) >= 11 is 7.59. The summed E-state index contributed by atoms with van der Waals surface area (Å²) in [5.41, 5.74) is 0. The molecule has 0 saturated heterocycles. The highest BCUT2D eigenvalue weighted by Crippen LogP contribution is 2.39. The Balaban J connectivity index is 1.50. The minimum absolute atomic E-state index is 0.392. The van der Waals surface area contributed by atoms with Crippen molar-refractivity contribution in [1.82, 2.24) is 9.36 Å². The van der Waals surface area contributed by atoms with Crippen LogP contribution in [0.3, 0.4) is 0 Å². The van der Waals surface area contributed by atoms with Gasteiger partial charge in [0.15, 0.2) is 0 Å². The summed E-state index contributed by atoms with van der Waals surface area (Å²) in [4.78, 5) is 4.52. The first-order valence-electron chi connectivity index (χ1n) is 6.03. The van der Waals surface area contributed by atoms with E-state index in [1.807, 2.05) is 0 Å². The molecule has 5 heteroatoms. The molecule has 0 aliphatic heterocycles. The molecule has 2 unspecified atom stereocenters. The van der Waals surface area contributed by atoms with Crippen LogP contribution in [-0.4, -0.2) is 21.3 Å². The lowest BCUT2D eigenvalue weighted by atomic mass is 10.1. The average molecular weight is 258 g/mol. The topological polar surface area (TPSA) is 37.8 Å². The van der Waals surface area contributed by atoms with Crippen molar-refractivity contribution in [3.8, 4) is 0 Å². The minimum Gasteiger partial charge on any atom is -0.360 e. The van der Waals surface area contributed by atoms with Gasteiger partial charge in [-0.25, -0.2) is 4.98 Å². The van der Waals surface area contributed by atoms with Crippen LogP contribution in [-0.2, 0) is 0 Å². The Morgan fingerprint density at radius 3 is 2.88 bits per heavy atom. The Kier molecular flexibility index (Phi) is 3.03. The molecule has 1 heterocycles. The molecule has 1 aromatic rings. The van der Waals surface area contributed by atoms with Crippen molar-refractivity contribution in [3.05, 3.63) is 5.82 Å². The lowest BCUT2D eigenvalue weighted by Gasteiger charge is -2.08. The summed E-state index contributed by atoms with van der Waals surface area (Å²) in [6.45, 7) is 1.00. The molecule has 2 aliphatic carbocycles. The summed E-state index contributed by atoms with van der Waals surface area (Å²) in [6.07, 6.45) is 6.09. The Morgan fingerprint density at radius 2 is 2.19 bits per heavy atom. The predicted molar refractivity (Wildman–Crippen MR) is 67.4 cm³/mol. The van der Waals surface area contributed by atoms with Gasteiger partial charge in [0.05, 0.1) is 0 Å². The van der Waals surface area contributed by atoms with Gasteiger partial charge in [0.25, 0.3) is 0 Å². The third-order valence-corrected chi connectivity index (χ3v) is 4.49. The van der Waals surface area contributed by atoms with E-state index in [-0.39, 0.29) is 0 Å². The molecule has 0 amide bonds. The first-order chi connectivity index (χ1) is 7.81. The van der Waals surface area contributed by atoms with Crippen LogP contribution in [0.1, 0.15) is 43.8 Å². The highest BCUT2D eigenvalue weighted by molar-refractivity contribution is 7.09. The van der Waals surface area contributed by atoms with E-state index < -0.39 is 0 Å². The van der Waals surface area contributed by atoms with Crippen LogP contribution >= 0.6 is 23.1 Å². The van der Waals surface area contributed by atoms with Gasteiger partial charge in [-0.2, -0.15) is 4.37 Å². The second-order valence-electron chi connectivity index (χ2n) is 4.89. The molecule has 3 rings (SSSR count). The number of halogens is 1. The summed E-state index contributed by atoms with van der Waals surface area (Å²) < 4.78 is 4.38. The van der Waals surface area contributed by atoms with Crippen LogP contribution in [0.2, 0.25) is 0 Å². The van der Waals surface area contributed by atoms with Gasteiger partial charge < -0.3 is 5.32 Å². The molecule has 3 nitrogen and oxygen atoms in total. The van der Waals surface area contributed by atoms with Crippen LogP contribution in [0.15, 0.2) is 0 Å². The van der Waals surface area contributed by atoms with Crippen LogP contribution < -0.4 is 5.32 Å². The fraction of sp³-hybridized carbons (Fsp3) is 0.818. The second kappa shape index (κ2) is 4.49. The summed E-state index contributed by atoms with van der Waals surface area (Å²) in [7, 11) is 0. The molecule has 88 valence electrons. The standard InChI is InChI=1S/C11H16ClN3S/c12-9-4-1-7(5-9)6-13-11-14-10(15-16-11)8-2-3-8/h7-9H,1-6H2,(H,13,14,15). The molecule has 2 saturated carbocycles. The molecule has 2 atom stereocenters. The maximum Gasteiger partial charge on any atom is 0.202 e. The molecule has 0 aromatic carbocycles. The molecule has 0 bridgehead atoms. The zero-order chi connectivity index (χ0) is 11.0. The van der Waals surface area contributed by atoms with Gasteiger partial charge in [0.1, 0.15) is 5.82 Å². The van der Waals surface area contributed by atoms with E-state index in [1.165, 1.54) is 30.8 Å². The first kappa shape index (κ1) is 10.8. The SMILES string of the molecule is ClC1CCC(CNc2nc(C3CC3)ns2)C1. The third-order valence-electron chi connectivity index (χ3n) is 3.40. The Hall–Kier alpha value is -0.350. The lowest BCUT2D eigenvalue weighted by molar-refractivity contribution is 0.580. The van der Waals surface area contributed by atoms with E-state index in [0.29, 0.717) is 11.3 Å². The van der Waals surface area contributed by atoms with E-state index in [1.54, 1.807) is 0 Å². The highest BCUT2D eigenvalue weighted by atomic mass is 35.5. The van der Waals surface area contributed by atoms with Crippen molar-refractivity contribution in [2.24, 2.45) is 5.92 Å². The van der Waals surface area contributed by atoms with Crippen LogP contribution in [0, 0.1) is 5.92 Å². The molecular formula is C11H16ClN3S. The molecule has 1 aromatic heterocycles. The molecule has 2 fully saturated rings. The monoisotopic (exact) mass is 257 g/mol. The molecule has 1 N–H and O–H groups in total. The molecule has 16 heavy (non-hydrogen) atoms. The smallest absolute Gasteiger partial charge is 0.202 e. The summed E-state index contributed by atoms with van der Waals surface area (Å²) in [5, 5.41) is 4.77. The Bertz CT molecular complexity index is 364. The largest absolute Gasteiger partial charge is 0.360 e. The van der Waals surface area contributed by atoms with Gasteiger partial charge in [0.2, 0.25) is 5.13 Å². The lowest BCUT2D eigenvalue weighted by Crippen LogP contribution is -2.11. The van der Waals surface area contributed by atoms with E-state index >= 15 is 0 Å². The van der Waals surface area contributed by atoms with Gasteiger partial charge in [-0.1, -0.05) is 0 Å². The normalized spacial score (nSPS) is 29.6. The quantitative estimate of drug-likeness (QED) is 0.842. The summed E-state index contributed by atoms with van der Waals surface area (Å²) in [5.74, 6) is 2.43. The van der Waals surface area contributed by atoms with Crippen molar-refractivity contribution in [3.63, 3.8) is 0 Å². The van der Waals surface area contributed by atoms with Gasteiger partial charge in [0, 0.05) is 29.4 Å². The average Bonchev–Trinajstić information content (AvgIpc) is 2.87. The van der Waals surface area contributed by atoms with Crippen LogP contribution in [0.4, 0.5) is 5.13 Å². The molecule has 2 aliphatic rings. The van der Waals surface area contributed by atoms with E-state index in [2.05, 4.69) is 14.7 Å².